The molecule has 0 aliphatic rings. The number of hydrogen-bond acceptors (Lipinski definition) is 3. The summed E-state index contributed by atoms with van der Waals surface area (Å²) in [7, 11) is 0. The number of aryl methyl sites for hydroxylation is 1. The van der Waals surface area contributed by atoms with E-state index in [-0.39, 0.29) is 11.8 Å². The van der Waals surface area contributed by atoms with E-state index in [2.05, 4.69) is 9.97 Å². The normalized spacial score (nSPS) is 10.7. The lowest BCUT2D eigenvalue weighted by Crippen LogP contribution is -2.05. The second-order valence-corrected chi connectivity index (χ2v) is 4.54. The van der Waals surface area contributed by atoms with Gasteiger partial charge in [-0.15, -0.1) is 0 Å². The Balaban J connectivity index is 2.34. The third kappa shape index (κ3) is 2.93. The number of nitrogens with zero attached hydrogens (tertiary/aromatic N) is 1. The van der Waals surface area contributed by atoms with Gasteiger partial charge in [0.05, 0.1) is 6.10 Å². The molecule has 0 amide bonds. The minimum atomic E-state index is -1.02. The number of carbonyl (C=O) groups is 1. The summed E-state index contributed by atoms with van der Waals surface area (Å²) in [5.41, 5.74) is 1.30. The van der Waals surface area contributed by atoms with Crippen LogP contribution in [0.15, 0.2) is 24.3 Å². The van der Waals surface area contributed by atoms with Crippen molar-refractivity contribution in [2.75, 3.05) is 0 Å². The van der Waals surface area contributed by atoms with Crippen molar-refractivity contribution in [3.8, 4) is 17.0 Å². The summed E-state index contributed by atoms with van der Waals surface area (Å²) in [5.74, 6) is 0.316. The lowest BCUT2D eigenvalue weighted by atomic mass is 10.1. The van der Waals surface area contributed by atoms with Gasteiger partial charge in [-0.05, 0) is 45.0 Å². The van der Waals surface area contributed by atoms with Crippen molar-refractivity contribution in [3.63, 3.8) is 0 Å². The Kier molecular flexibility index (Phi) is 3.55. The molecule has 0 bridgehead atoms. The van der Waals surface area contributed by atoms with Crippen molar-refractivity contribution in [1.82, 2.24) is 9.97 Å². The minimum Gasteiger partial charge on any atom is -0.491 e. The molecule has 2 aromatic rings. The van der Waals surface area contributed by atoms with Crippen LogP contribution in [0.25, 0.3) is 11.3 Å². The van der Waals surface area contributed by atoms with Crippen LogP contribution in [0, 0.1) is 6.92 Å². The highest BCUT2D eigenvalue weighted by atomic mass is 16.5. The highest BCUT2D eigenvalue weighted by Gasteiger charge is 2.16. The zero-order chi connectivity index (χ0) is 14.0. The van der Waals surface area contributed by atoms with E-state index in [4.69, 9.17) is 9.84 Å². The number of rotatable bonds is 4. The third-order valence-electron chi connectivity index (χ3n) is 2.54. The van der Waals surface area contributed by atoms with E-state index in [1.807, 2.05) is 26.0 Å². The van der Waals surface area contributed by atoms with Crippen LogP contribution in [0.3, 0.4) is 0 Å². The van der Waals surface area contributed by atoms with Crippen molar-refractivity contribution >= 4 is 5.97 Å². The zero-order valence-electron chi connectivity index (χ0n) is 11.1. The van der Waals surface area contributed by atoms with Crippen LogP contribution in [0.4, 0.5) is 0 Å². The van der Waals surface area contributed by atoms with Gasteiger partial charge < -0.3 is 14.8 Å². The molecule has 0 atom stereocenters. The van der Waals surface area contributed by atoms with E-state index in [1.54, 1.807) is 19.1 Å². The van der Waals surface area contributed by atoms with Crippen LogP contribution < -0.4 is 4.74 Å². The molecule has 19 heavy (non-hydrogen) atoms. The van der Waals surface area contributed by atoms with Gasteiger partial charge >= 0.3 is 5.97 Å². The molecule has 0 unspecified atom stereocenters. The largest absolute Gasteiger partial charge is 0.491 e. The summed E-state index contributed by atoms with van der Waals surface area (Å²) in [6.45, 7) is 5.63. The Labute approximate surface area is 111 Å². The van der Waals surface area contributed by atoms with Gasteiger partial charge in [-0.1, -0.05) is 0 Å². The summed E-state index contributed by atoms with van der Waals surface area (Å²) in [6, 6.07) is 7.23. The Morgan fingerprint density at radius 3 is 2.47 bits per heavy atom. The molecule has 2 rings (SSSR count). The topological polar surface area (TPSA) is 75.2 Å². The van der Waals surface area contributed by atoms with E-state index in [1.165, 1.54) is 0 Å². The number of aromatic amines is 1. The molecule has 100 valence electrons. The van der Waals surface area contributed by atoms with Crippen LogP contribution in [0.1, 0.15) is 30.2 Å². The maximum Gasteiger partial charge on any atom is 0.354 e. The molecule has 0 fully saturated rings. The van der Waals surface area contributed by atoms with Crippen LogP contribution >= 0.6 is 0 Å². The second-order valence-electron chi connectivity index (χ2n) is 4.54. The Bertz CT molecular complexity index is 585. The molecule has 5 nitrogen and oxygen atoms in total. The fourth-order valence-corrected chi connectivity index (χ4v) is 1.82. The SMILES string of the molecule is Cc1nc(-c2ccc(OC(C)C)cc2)c(C(=O)O)[nH]1. The van der Waals surface area contributed by atoms with Crippen molar-refractivity contribution < 1.29 is 14.6 Å². The van der Waals surface area contributed by atoms with E-state index < -0.39 is 5.97 Å². The maximum atomic E-state index is 11.1. The average molecular weight is 260 g/mol. The van der Waals surface area contributed by atoms with Crippen molar-refractivity contribution in [2.45, 2.75) is 26.9 Å². The van der Waals surface area contributed by atoms with Gasteiger partial charge in [-0.3, -0.25) is 0 Å². The highest BCUT2D eigenvalue weighted by Crippen LogP contribution is 2.24. The first kappa shape index (κ1) is 13.1. The first-order valence-corrected chi connectivity index (χ1v) is 6.04. The number of carboxylic acids is 1. The molecule has 0 aliphatic heterocycles. The quantitative estimate of drug-likeness (QED) is 0.886. The van der Waals surface area contributed by atoms with Crippen molar-refractivity contribution in [1.29, 1.82) is 0 Å². The number of H-pyrrole nitrogens is 1. The monoisotopic (exact) mass is 260 g/mol. The van der Waals surface area contributed by atoms with E-state index >= 15 is 0 Å². The van der Waals surface area contributed by atoms with Crippen molar-refractivity contribution in [3.05, 3.63) is 35.8 Å². The molecular weight excluding hydrogens is 244 g/mol. The van der Waals surface area contributed by atoms with E-state index in [0.717, 1.165) is 11.3 Å². The average Bonchev–Trinajstić information content (AvgIpc) is 2.72. The van der Waals surface area contributed by atoms with E-state index in [9.17, 15) is 4.79 Å². The molecule has 0 aliphatic carbocycles. The second kappa shape index (κ2) is 5.14. The predicted molar refractivity (Wildman–Crippen MR) is 71.5 cm³/mol. The molecule has 0 spiro atoms. The Morgan fingerprint density at radius 1 is 1.32 bits per heavy atom. The fourth-order valence-electron chi connectivity index (χ4n) is 1.82. The van der Waals surface area contributed by atoms with Gasteiger partial charge in [-0.25, -0.2) is 9.78 Å². The molecule has 0 saturated carbocycles. The van der Waals surface area contributed by atoms with Crippen molar-refractivity contribution in [2.24, 2.45) is 0 Å². The summed E-state index contributed by atoms with van der Waals surface area (Å²) in [6.07, 6.45) is 0.105. The molecule has 5 heteroatoms. The standard InChI is InChI=1S/C14H16N2O3/c1-8(2)19-11-6-4-10(5-7-11)12-13(14(17)18)16-9(3)15-12/h4-8H,1-3H3,(H,15,16)(H,17,18). The molecule has 0 saturated heterocycles. The van der Waals surface area contributed by atoms with Crippen LogP contribution in [0.2, 0.25) is 0 Å². The number of carboxylic acid groups (broad SMARTS) is 1. The number of hydrogen-bond donors (Lipinski definition) is 2. The molecule has 1 aromatic heterocycles. The van der Waals surface area contributed by atoms with Gasteiger partial charge in [0, 0.05) is 5.56 Å². The fraction of sp³-hybridized carbons (Fsp3) is 0.286. The molecule has 0 radical (unpaired) electrons. The number of ether oxygens (including phenoxy) is 1. The zero-order valence-corrected chi connectivity index (χ0v) is 11.1. The third-order valence-corrected chi connectivity index (χ3v) is 2.54. The molecular formula is C14H16N2O3. The molecule has 1 heterocycles. The van der Waals surface area contributed by atoms with E-state index in [0.29, 0.717) is 11.5 Å². The number of benzene rings is 1. The Morgan fingerprint density at radius 2 is 1.95 bits per heavy atom. The lowest BCUT2D eigenvalue weighted by molar-refractivity contribution is 0.0692. The van der Waals surface area contributed by atoms with Crippen LogP contribution in [-0.4, -0.2) is 27.1 Å². The summed E-state index contributed by atoms with van der Waals surface area (Å²) >= 11 is 0. The first-order chi connectivity index (χ1) is 8.97. The smallest absolute Gasteiger partial charge is 0.354 e. The maximum absolute atomic E-state index is 11.1. The summed E-state index contributed by atoms with van der Waals surface area (Å²) in [5, 5.41) is 9.12. The van der Waals surface area contributed by atoms with Crippen LogP contribution in [-0.2, 0) is 0 Å². The number of aromatic nitrogens is 2. The number of nitrogens with one attached hydrogen (secondary N) is 1. The molecule has 1 aromatic carbocycles. The lowest BCUT2D eigenvalue weighted by Gasteiger charge is -2.09. The van der Waals surface area contributed by atoms with Gasteiger partial charge in [0.15, 0.2) is 5.69 Å². The Hall–Kier alpha value is -2.30. The van der Waals surface area contributed by atoms with Crippen LogP contribution in [0.5, 0.6) is 5.75 Å². The summed E-state index contributed by atoms with van der Waals surface area (Å²) < 4.78 is 5.54. The van der Waals surface area contributed by atoms with Gasteiger partial charge in [-0.2, -0.15) is 0 Å². The first-order valence-electron chi connectivity index (χ1n) is 6.04. The van der Waals surface area contributed by atoms with Gasteiger partial charge in [0.25, 0.3) is 0 Å². The number of imidazole rings is 1. The number of aromatic carboxylic acids is 1. The van der Waals surface area contributed by atoms with Gasteiger partial charge in [0.2, 0.25) is 0 Å². The summed E-state index contributed by atoms with van der Waals surface area (Å²) in [4.78, 5) is 18.1. The minimum absolute atomic E-state index is 0.105. The molecule has 2 N–H and O–H groups in total. The highest BCUT2D eigenvalue weighted by molar-refractivity contribution is 5.93. The predicted octanol–water partition coefficient (Wildman–Crippen LogP) is 2.87. The van der Waals surface area contributed by atoms with Gasteiger partial charge in [0.1, 0.15) is 17.3 Å².